The maximum Gasteiger partial charge on any atom is 0.207 e. The largest absolute Gasteiger partial charge is 0.549 e. The Morgan fingerprint density at radius 1 is 0.931 bits per heavy atom. The first-order valence-corrected chi connectivity index (χ1v) is 9.35. The molecule has 3 rings (SSSR count). The van der Waals surface area contributed by atoms with E-state index in [1.54, 1.807) is 13.2 Å². The van der Waals surface area contributed by atoms with E-state index >= 15 is 0 Å². The molecule has 0 aromatic heterocycles. The highest BCUT2D eigenvalue weighted by Gasteiger charge is 2.50. The fraction of sp³-hybridized carbons (Fsp3) is 0.292. The fourth-order valence-electron chi connectivity index (χ4n) is 4.14. The van der Waals surface area contributed by atoms with Crippen LogP contribution >= 0.6 is 0 Å². The van der Waals surface area contributed by atoms with Crippen molar-refractivity contribution in [1.29, 1.82) is 0 Å². The Kier molecular flexibility index (Phi) is 5.80. The summed E-state index contributed by atoms with van der Waals surface area (Å²) in [6.07, 6.45) is 1.55. The first-order valence-electron chi connectivity index (χ1n) is 9.35. The fourth-order valence-corrected chi connectivity index (χ4v) is 4.14. The zero-order chi connectivity index (χ0) is 21.2. The van der Waals surface area contributed by atoms with Crippen molar-refractivity contribution in [3.63, 3.8) is 0 Å². The number of carbonyl (C=O) groups is 1. The van der Waals surface area contributed by atoms with Gasteiger partial charge >= 0.3 is 0 Å². The van der Waals surface area contributed by atoms with Gasteiger partial charge in [0.25, 0.3) is 0 Å². The van der Waals surface area contributed by atoms with Gasteiger partial charge in [-0.1, -0.05) is 48.5 Å². The number of aryl methyl sites for hydroxylation is 2. The highest BCUT2D eigenvalue weighted by atomic mass is 16.6. The highest BCUT2D eigenvalue weighted by molar-refractivity contribution is 5.92. The van der Waals surface area contributed by atoms with E-state index in [1.165, 1.54) is 14.2 Å². The number of carboxylic acids is 1. The van der Waals surface area contributed by atoms with Crippen LogP contribution in [-0.4, -0.2) is 27.3 Å². The molecule has 2 unspecified atom stereocenters. The molecule has 0 heterocycles. The lowest BCUT2D eigenvalue weighted by Crippen LogP contribution is -2.43. The summed E-state index contributed by atoms with van der Waals surface area (Å²) in [4.78, 5) is 12.1. The van der Waals surface area contributed by atoms with E-state index in [0.29, 0.717) is 17.1 Å². The zero-order valence-corrected chi connectivity index (χ0v) is 17.3. The number of aliphatic carboxylic acids is 1. The minimum Gasteiger partial charge on any atom is -0.549 e. The second-order valence-electron chi connectivity index (χ2n) is 6.99. The molecule has 0 bridgehead atoms. The van der Waals surface area contributed by atoms with Crippen molar-refractivity contribution < 1.29 is 24.1 Å². The topological polar surface area (TPSA) is 67.8 Å². The molecule has 0 aliphatic heterocycles. The number of hydrogen-bond donors (Lipinski definition) is 0. The molecule has 2 aromatic rings. The Labute approximate surface area is 171 Å². The SMILES string of the molecule is COC1=CC(C(=O)[O-])C(c2ccccc2C)=C(OC)C1(OC)c1ccccc1C. The first-order chi connectivity index (χ1) is 13.9. The summed E-state index contributed by atoms with van der Waals surface area (Å²) in [7, 11) is 4.58. The Morgan fingerprint density at radius 3 is 2.07 bits per heavy atom. The molecular weight excluding hydrogens is 368 g/mol. The lowest BCUT2D eigenvalue weighted by atomic mass is 9.74. The molecule has 2 aromatic carbocycles. The van der Waals surface area contributed by atoms with Crippen molar-refractivity contribution >= 4 is 11.5 Å². The van der Waals surface area contributed by atoms with Crippen molar-refractivity contribution in [2.45, 2.75) is 19.4 Å². The molecule has 0 radical (unpaired) electrons. The highest BCUT2D eigenvalue weighted by Crippen LogP contribution is 2.51. The number of hydrogen-bond acceptors (Lipinski definition) is 5. The summed E-state index contributed by atoms with van der Waals surface area (Å²) in [6.45, 7) is 3.90. The van der Waals surface area contributed by atoms with Gasteiger partial charge in [0.05, 0.1) is 20.2 Å². The third-order valence-electron chi connectivity index (χ3n) is 5.48. The number of methoxy groups -OCH3 is 3. The lowest BCUT2D eigenvalue weighted by Gasteiger charge is -2.42. The summed E-state index contributed by atoms with van der Waals surface area (Å²) < 4.78 is 17.6. The molecule has 5 nitrogen and oxygen atoms in total. The first kappa shape index (κ1) is 20.7. The quantitative estimate of drug-likeness (QED) is 0.754. The van der Waals surface area contributed by atoms with Crippen LogP contribution in [-0.2, 0) is 24.6 Å². The summed E-state index contributed by atoms with van der Waals surface area (Å²) in [5, 5.41) is 12.1. The predicted octanol–water partition coefficient (Wildman–Crippen LogP) is 3.11. The molecule has 1 aliphatic rings. The third-order valence-corrected chi connectivity index (χ3v) is 5.48. The molecule has 152 valence electrons. The minimum absolute atomic E-state index is 0.345. The van der Waals surface area contributed by atoms with Gasteiger partial charge in [0.2, 0.25) is 5.60 Å². The van der Waals surface area contributed by atoms with Gasteiger partial charge in [-0.05, 0) is 36.6 Å². The molecule has 0 N–H and O–H groups in total. The second-order valence-corrected chi connectivity index (χ2v) is 6.99. The van der Waals surface area contributed by atoms with Crippen LogP contribution < -0.4 is 5.11 Å². The summed E-state index contributed by atoms with van der Waals surface area (Å²) >= 11 is 0. The van der Waals surface area contributed by atoms with E-state index < -0.39 is 17.5 Å². The van der Waals surface area contributed by atoms with Gasteiger partial charge in [-0.25, -0.2) is 0 Å². The van der Waals surface area contributed by atoms with Crippen molar-refractivity contribution in [3.05, 3.63) is 88.4 Å². The van der Waals surface area contributed by atoms with E-state index in [1.807, 2.05) is 62.4 Å². The Hall–Kier alpha value is -3.05. The number of carbonyl (C=O) groups excluding carboxylic acids is 1. The summed E-state index contributed by atoms with van der Waals surface area (Å²) in [6, 6.07) is 15.3. The van der Waals surface area contributed by atoms with Crippen molar-refractivity contribution in [2.24, 2.45) is 5.92 Å². The number of ether oxygens (including phenoxy) is 3. The monoisotopic (exact) mass is 393 g/mol. The number of carboxylic acid groups (broad SMARTS) is 1. The van der Waals surface area contributed by atoms with Gasteiger partial charge in [0.15, 0.2) is 0 Å². The molecule has 1 aliphatic carbocycles. The number of rotatable bonds is 6. The lowest BCUT2D eigenvalue weighted by molar-refractivity contribution is -0.307. The van der Waals surface area contributed by atoms with Gasteiger partial charge in [-0.2, -0.15) is 0 Å². The Balaban J connectivity index is 2.46. The van der Waals surface area contributed by atoms with E-state index in [0.717, 1.165) is 22.3 Å². The van der Waals surface area contributed by atoms with Crippen LogP contribution in [0.25, 0.3) is 5.57 Å². The molecule has 2 atom stereocenters. The molecule has 0 spiro atoms. The van der Waals surface area contributed by atoms with Crippen LogP contribution in [0, 0.1) is 19.8 Å². The second kappa shape index (κ2) is 8.13. The Morgan fingerprint density at radius 2 is 1.55 bits per heavy atom. The van der Waals surface area contributed by atoms with Gasteiger partial charge in [0.1, 0.15) is 11.5 Å². The zero-order valence-electron chi connectivity index (χ0n) is 17.3. The molecule has 0 saturated carbocycles. The van der Waals surface area contributed by atoms with Crippen LogP contribution in [0.1, 0.15) is 22.3 Å². The predicted molar refractivity (Wildman–Crippen MR) is 109 cm³/mol. The molecule has 0 fully saturated rings. The molecule has 0 saturated heterocycles. The van der Waals surface area contributed by atoms with Gasteiger partial charge in [-0.3, -0.25) is 0 Å². The van der Waals surface area contributed by atoms with Crippen LogP contribution in [0.3, 0.4) is 0 Å². The van der Waals surface area contributed by atoms with E-state index in [-0.39, 0.29) is 0 Å². The third kappa shape index (κ3) is 3.21. The van der Waals surface area contributed by atoms with E-state index in [9.17, 15) is 9.90 Å². The van der Waals surface area contributed by atoms with Gasteiger partial charge in [-0.15, -0.1) is 0 Å². The molecule has 0 amide bonds. The average molecular weight is 393 g/mol. The van der Waals surface area contributed by atoms with E-state index in [2.05, 4.69) is 0 Å². The smallest absolute Gasteiger partial charge is 0.207 e. The van der Waals surface area contributed by atoms with Crippen LogP contribution in [0.4, 0.5) is 0 Å². The van der Waals surface area contributed by atoms with Crippen LogP contribution in [0.5, 0.6) is 0 Å². The van der Waals surface area contributed by atoms with Gasteiger partial charge < -0.3 is 24.1 Å². The van der Waals surface area contributed by atoms with Gasteiger partial charge in [0, 0.05) is 24.2 Å². The maximum atomic E-state index is 12.1. The van der Waals surface area contributed by atoms with Crippen molar-refractivity contribution in [2.75, 3.05) is 21.3 Å². The summed E-state index contributed by atoms with van der Waals surface area (Å²) in [5.41, 5.74) is 2.74. The average Bonchev–Trinajstić information content (AvgIpc) is 2.72. The maximum absolute atomic E-state index is 12.1. The van der Waals surface area contributed by atoms with Crippen molar-refractivity contribution in [1.82, 2.24) is 0 Å². The minimum atomic E-state index is -1.23. The molecular formula is C24H25O5-. The van der Waals surface area contributed by atoms with Crippen molar-refractivity contribution in [3.8, 4) is 0 Å². The van der Waals surface area contributed by atoms with Crippen LogP contribution in [0.2, 0.25) is 0 Å². The summed E-state index contributed by atoms with van der Waals surface area (Å²) in [5.74, 6) is -1.56. The molecule has 29 heavy (non-hydrogen) atoms. The van der Waals surface area contributed by atoms with E-state index in [4.69, 9.17) is 14.2 Å². The Bertz CT molecular complexity index is 988. The standard InChI is InChI=1S/C24H26O5/c1-15-10-6-8-12-17(15)21-18(23(25)26)14-20(27-3)24(29-5,22(21)28-4)19-13-9-7-11-16(19)2/h6-14,18H,1-5H3,(H,25,26)/p-1. The normalized spacial score (nSPS) is 21.6. The van der Waals surface area contributed by atoms with Crippen LogP contribution in [0.15, 0.2) is 66.1 Å². The number of benzene rings is 2. The molecule has 5 heteroatoms.